The van der Waals surface area contributed by atoms with Crippen molar-refractivity contribution in [1.29, 1.82) is 0 Å². The number of hydrogen-bond donors (Lipinski definition) is 1. The third-order valence-electron chi connectivity index (χ3n) is 2.45. The maximum atomic E-state index is 11.5. The highest BCUT2D eigenvalue weighted by Crippen LogP contribution is 2.13. The van der Waals surface area contributed by atoms with Crippen LogP contribution in [0.15, 0.2) is 6.20 Å². The van der Waals surface area contributed by atoms with Gasteiger partial charge in [0.05, 0.1) is 12.3 Å². The molecule has 0 aliphatic heterocycles. The molecule has 5 heteroatoms. The molecule has 0 aliphatic carbocycles. The Labute approximate surface area is 95.6 Å². The lowest BCUT2D eigenvalue weighted by atomic mass is 10.1. The van der Waals surface area contributed by atoms with E-state index in [1.807, 2.05) is 0 Å². The fraction of sp³-hybridized carbons (Fsp3) is 0.636. The minimum Gasteiger partial charge on any atom is -0.461 e. The first-order chi connectivity index (χ1) is 7.58. The molecular formula is C11H19N3O2. The van der Waals surface area contributed by atoms with Gasteiger partial charge >= 0.3 is 5.97 Å². The van der Waals surface area contributed by atoms with Crippen LogP contribution in [-0.4, -0.2) is 22.4 Å². The van der Waals surface area contributed by atoms with Gasteiger partial charge in [0.25, 0.3) is 0 Å². The van der Waals surface area contributed by atoms with Crippen molar-refractivity contribution in [2.24, 2.45) is 5.92 Å². The number of carbonyl (C=O) groups excluding carboxylic acids is 1. The van der Waals surface area contributed by atoms with Crippen molar-refractivity contribution in [2.45, 2.75) is 33.7 Å². The summed E-state index contributed by atoms with van der Waals surface area (Å²) in [6, 6.07) is 0. The first kappa shape index (κ1) is 12.5. The first-order valence-electron chi connectivity index (χ1n) is 5.58. The number of anilines is 1. The van der Waals surface area contributed by atoms with Gasteiger partial charge in [-0.25, -0.2) is 4.79 Å². The molecule has 1 aromatic heterocycles. The van der Waals surface area contributed by atoms with Gasteiger partial charge in [-0.3, -0.25) is 4.68 Å². The Morgan fingerprint density at radius 2 is 2.31 bits per heavy atom. The molecule has 1 heterocycles. The van der Waals surface area contributed by atoms with Crippen molar-refractivity contribution in [1.82, 2.24) is 9.78 Å². The van der Waals surface area contributed by atoms with Gasteiger partial charge in [-0.15, -0.1) is 0 Å². The molecule has 0 aromatic carbocycles. The maximum absolute atomic E-state index is 11.5. The van der Waals surface area contributed by atoms with Gasteiger partial charge in [-0.05, 0) is 12.8 Å². The van der Waals surface area contributed by atoms with E-state index in [1.54, 1.807) is 17.8 Å². The van der Waals surface area contributed by atoms with E-state index in [0.29, 0.717) is 18.2 Å². The lowest BCUT2D eigenvalue weighted by molar-refractivity contribution is 0.0519. The molecule has 0 saturated heterocycles. The Morgan fingerprint density at radius 1 is 1.62 bits per heavy atom. The van der Waals surface area contributed by atoms with Crippen molar-refractivity contribution in [3.8, 4) is 0 Å². The summed E-state index contributed by atoms with van der Waals surface area (Å²) < 4.78 is 6.56. The number of aromatic nitrogens is 2. The summed E-state index contributed by atoms with van der Waals surface area (Å²) in [5.41, 5.74) is 6.30. The summed E-state index contributed by atoms with van der Waals surface area (Å²) in [5.74, 6) is 0.0530. The normalized spacial score (nSPS) is 12.4. The molecule has 1 atom stereocenters. The summed E-state index contributed by atoms with van der Waals surface area (Å²) in [6.07, 6.45) is 2.74. The van der Waals surface area contributed by atoms with Gasteiger partial charge in [0.15, 0.2) is 5.69 Å². The molecule has 0 bridgehead atoms. The van der Waals surface area contributed by atoms with Gasteiger partial charge in [0, 0.05) is 12.7 Å². The topological polar surface area (TPSA) is 70.1 Å². The molecule has 1 aromatic rings. The van der Waals surface area contributed by atoms with Crippen molar-refractivity contribution in [2.75, 3.05) is 12.3 Å². The van der Waals surface area contributed by atoms with Crippen LogP contribution in [0.25, 0.3) is 0 Å². The molecule has 0 aliphatic rings. The van der Waals surface area contributed by atoms with E-state index in [4.69, 9.17) is 10.5 Å². The van der Waals surface area contributed by atoms with Crippen LogP contribution in [0.2, 0.25) is 0 Å². The zero-order valence-electron chi connectivity index (χ0n) is 10.1. The fourth-order valence-corrected chi connectivity index (χ4v) is 1.34. The first-order valence-corrected chi connectivity index (χ1v) is 5.58. The van der Waals surface area contributed by atoms with Gasteiger partial charge in [-0.2, -0.15) is 5.10 Å². The van der Waals surface area contributed by atoms with Crippen LogP contribution in [0.3, 0.4) is 0 Å². The molecule has 0 radical (unpaired) electrons. The van der Waals surface area contributed by atoms with Gasteiger partial charge in [0.1, 0.15) is 0 Å². The van der Waals surface area contributed by atoms with Crippen LogP contribution in [0, 0.1) is 5.92 Å². The summed E-state index contributed by atoms with van der Waals surface area (Å²) in [7, 11) is 0. The van der Waals surface area contributed by atoms with Crippen LogP contribution in [-0.2, 0) is 11.3 Å². The highest BCUT2D eigenvalue weighted by Gasteiger charge is 2.16. The summed E-state index contributed by atoms with van der Waals surface area (Å²) in [5, 5.41) is 4.13. The Balaban J connectivity index is 2.77. The van der Waals surface area contributed by atoms with E-state index >= 15 is 0 Å². The average molecular weight is 225 g/mol. The van der Waals surface area contributed by atoms with Crippen LogP contribution in [0.5, 0.6) is 0 Å². The van der Waals surface area contributed by atoms with Gasteiger partial charge in [-0.1, -0.05) is 20.3 Å². The standard InChI is InChI=1S/C11H19N3O2/c1-4-8(3)6-14-7-9(12)10(13-14)11(15)16-5-2/h7-8H,4-6,12H2,1-3H3. The smallest absolute Gasteiger partial charge is 0.361 e. The van der Waals surface area contributed by atoms with E-state index < -0.39 is 5.97 Å². The van der Waals surface area contributed by atoms with Crippen LogP contribution in [0.4, 0.5) is 5.69 Å². The van der Waals surface area contributed by atoms with Crippen LogP contribution < -0.4 is 5.73 Å². The number of nitrogens with zero attached hydrogens (tertiary/aromatic N) is 2. The van der Waals surface area contributed by atoms with Crippen LogP contribution in [0.1, 0.15) is 37.7 Å². The van der Waals surface area contributed by atoms with Crippen molar-refractivity contribution >= 4 is 11.7 Å². The third kappa shape index (κ3) is 2.98. The Bertz CT molecular complexity index is 360. The van der Waals surface area contributed by atoms with E-state index in [1.165, 1.54) is 0 Å². The van der Waals surface area contributed by atoms with Gasteiger partial charge < -0.3 is 10.5 Å². The molecule has 0 amide bonds. The van der Waals surface area contributed by atoms with Crippen molar-refractivity contribution in [3.63, 3.8) is 0 Å². The molecule has 0 fully saturated rings. The second kappa shape index (κ2) is 5.53. The van der Waals surface area contributed by atoms with Crippen molar-refractivity contribution < 1.29 is 9.53 Å². The summed E-state index contributed by atoms with van der Waals surface area (Å²) in [4.78, 5) is 11.5. The summed E-state index contributed by atoms with van der Waals surface area (Å²) in [6.45, 7) is 7.09. The molecular weight excluding hydrogens is 206 g/mol. The third-order valence-corrected chi connectivity index (χ3v) is 2.45. The van der Waals surface area contributed by atoms with Gasteiger partial charge in [0.2, 0.25) is 0 Å². The minimum absolute atomic E-state index is 0.213. The predicted molar refractivity (Wildman–Crippen MR) is 62.1 cm³/mol. The zero-order chi connectivity index (χ0) is 12.1. The monoisotopic (exact) mass is 225 g/mol. The second-order valence-electron chi connectivity index (χ2n) is 3.89. The van der Waals surface area contributed by atoms with E-state index in [9.17, 15) is 4.79 Å². The molecule has 2 N–H and O–H groups in total. The molecule has 90 valence electrons. The zero-order valence-corrected chi connectivity index (χ0v) is 10.1. The predicted octanol–water partition coefficient (Wildman–Crippen LogP) is 1.69. The second-order valence-corrected chi connectivity index (χ2v) is 3.89. The highest BCUT2D eigenvalue weighted by molar-refractivity contribution is 5.92. The number of hydrogen-bond acceptors (Lipinski definition) is 4. The molecule has 1 rings (SSSR count). The number of nitrogen functional groups attached to an aromatic ring is 1. The van der Waals surface area contributed by atoms with E-state index in [-0.39, 0.29) is 5.69 Å². The SMILES string of the molecule is CCOC(=O)c1nn(CC(C)CC)cc1N. The molecule has 1 unspecified atom stereocenters. The Morgan fingerprint density at radius 3 is 2.88 bits per heavy atom. The average Bonchev–Trinajstić information content (AvgIpc) is 2.59. The maximum Gasteiger partial charge on any atom is 0.361 e. The fourth-order valence-electron chi connectivity index (χ4n) is 1.34. The summed E-state index contributed by atoms with van der Waals surface area (Å²) >= 11 is 0. The Hall–Kier alpha value is -1.52. The molecule has 16 heavy (non-hydrogen) atoms. The quantitative estimate of drug-likeness (QED) is 0.774. The lowest BCUT2D eigenvalue weighted by Crippen LogP contribution is -2.10. The number of esters is 1. The van der Waals surface area contributed by atoms with E-state index in [2.05, 4.69) is 18.9 Å². The number of nitrogens with two attached hydrogens (primary N) is 1. The Kier molecular flexibility index (Phi) is 4.34. The molecule has 0 spiro atoms. The van der Waals surface area contributed by atoms with Crippen molar-refractivity contribution in [3.05, 3.63) is 11.9 Å². The van der Waals surface area contributed by atoms with E-state index in [0.717, 1.165) is 13.0 Å². The number of carbonyl (C=O) groups is 1. The molecule has 5 nitrogen and oxygen atoms in total. The minimum atomic E-state index is -0.456. The van der Waals surface area contributed by atoms with Crippen LogP contribution >= 0.6 is 0 Å². The molecule has 0 saturated carbocycles. The lowest BCUT2D eigenvalue weighted by Gasteiger charge is -2.07. The number of ether oxygens (including phenoxy) is 1. The largest absolute Gasteiger partial charge is 0.461 e. The number of rotatable bonds is 5. The highest BCUT2D eigenvalue weighted by atomic mass is 16.5.